The van der Waals surface area contributed by atoms with Gasteiger partial charge < -0.3 is 14.8 Å². The summed E-state index contributed by atoms with van der Waals surface area (Å²) in [5, 5.41) is 5.03. The van der Waals surface area contributed by atoms with Gasteiger partial charge in [0.1, 0.15) is 5.75 Å². The molecule has 1 amide bonds. The van der Waals surface area contributed by atoms with Gasteiger partial charge in [-0.05, 0) is 41.5 Å². The lowest BCUT2D eigenvalue weighted by atomic mass is 9.97. The standard InChI is InChI=1S/C20H20N2O3/c1-13(20(23)22-17-7-9-19(25-3)21-12-17)14-4-5-16-11-18(24-2)8-6-15(16)10-14/h4-13H,1-3H3,(H,22,23)/t13-/m1/s1. The number of carbonyl (C=O) groups is 1. The van der Waals surface area contributed by atoms with E-state index in [2.05, 4.69) is 10.3 Å². The first kappa shape index (κ1) is 16.8. The van der Waals surface area contributed by atoms with Crippen molar-refractivity contribution in [3.05, 3.63) is 60.3 Å². The van der Waals surface area contributed by atoms with E-state index in [1.54, 1.807) is 32.5 Å². The van der Waals surface area contributed by atoms with Crippen LogP contribution in [0.2, 0.25) is 0 Å². The number of fused-ring (bicyclic) bond motifs is 1. The second-order valence-corrected chi connectivity index (χ2v) is 5.77. The predicted molar refractivity (Wildman–Crippen MR) is 98.3 cm³/mol. The first-order chi connectivity index (χ1) is 12.1. The van der Waals surface area contributed by atoms with Gasteiger partial charge in [-0.2, -0.15) is 0 Å². The van der Waals surface area contributed by atoms with Crippen molar-refractivity contribution in [2.75, 3.05) is 19.5 Å². The average Bonchev–Trinajstić information content (AvgIpc) is 2.67. The minimum atomic E-state index is -0.284. The molecule has 0 aliphatic heterocycles. The number of hydrogen-bond acceptors (Lipinski definition) is 4. The van der Waals surface area contributed by atoms with Crippen LogP contribution in [0.4, 0.5) is 5.69 Å². The summed E-state index contributed by atoms with van der Waals surface area (Å²) in [4.78, 5) is 16.6. The van der Waals surface area contributed by atoms with Crippen LogP contribution in [0.15, 0.2) is 54.7 Å². The number of amides is 1. The Bertz CT molecular complexity index is 891. The van der Waals surface area contributed by atoms with Gasteiger partial charge in [0.05, 0.1) is 32.0 Å². The second kappa shape index (κ2) is 7.21. The molecule has 0 aliphatic carbocycles. The van der Waals surface area contributed by atoms with Gasteiger partial charge in [0, 0.05) is 6.07 Å². The van der Waals surface area contributed by atoms with Crippen molar-refractivity contribution in [1.29, 1.82) is 0 Å². The number of carbonyl (C=O) groups excluding carboxylic acids is 1. The van der Waals surface area contributed by atoms with Crippen LogP contribution in [0.5, 0.6) is 11.6 Å². The van der Waals surface area contributed by atoms with Gasteiger partial charge in [0.25, 0.3) is 0 Å². The number of nitrogens with zero attached hydrogens (tertiary/aromatic N) is 1. The molecular formula is C20H20N2O3. The molecular weight excluding hydrogens is 316 g/mol. The van der Waals surface area contributed by atoms with Gasteiger partial charge in [-0.3, -0.25) is 4.79 Å². The van der Waals surface area contributed by atoms with E-state index in [-0.39, 0.29) is 11.8 Å². The van der Waals surface area contributed by atoms with Crippen LogP contribution in [0.25, 0.3) is 10.8 Å². The molecule has 1 heterocycles. The third-order valence-electron chi connectivity index (χ3n) is 4.18. The predicted octanol–water partition coefficient (Wildman–Crippen LogP) is 3.99. The maximum Gasteiger partial charge on any atom is 0.231 e. The van der Waals surface area contributed by atoms with E-state index in [4.69, 9.17) is 9.47 Å². The van der Waals surface area contributed by atoms with Crippen LogP contribution in [0, 0.1) is 0 Å². The van der Waals surface area contributed by atoms with E-state index >= 15 is 0 Å². The summed E-state index contributed by atoms with van der Waals surface area (Å²) in [6, 6.07) is 15.4. The number of pyridine rings is 1. The Balaban J connectivity index is 1.77. The Hall–Kier alpha value is -3.08. The molecule has 1 atom stereocenters. The van der Waals surface area contributed by atoms with Crippen molar-refractivity contribution in [3.63, 3.8) is 0 Å². The molecule has 0 saturated carbocycles. The van der Waals surface area contributed by atoms with E-state index in [0.717, 1.165) is 22.1 Å². The number of ether oxygens (including phenoxy) is 2. The molecule has 0 fully saturated rings. The molecule has 25 heavy (non-hydrogen) atoms. The highest BCUT2D eigenvalue weighted by atomic mass is 16.5. The molecule has 5 heteroatoms. The average molecular weight is 336 g/mol. The molecule has 1 aromatic heterocycles. The Morgan fingerprint density at radius 2 is 1.76 bits per heavy atom. The molecule has 1 N–H and O–H groups in total. The largest absolute Gasteiger partial charge is 0.497 e. The van der Waals surface area contributed by atoms with Crippen molar-refractivity contribution in [2.45, 2.75) is 12.8 Å². The zero-order valence-corrected chi connectivity index (χ0v) is 14.4. The third-order valence-corrected chi connectivity index (χ3v) is 4.18. The normalized spacial score (nSPS) is 11.8. The lowest BCUT2D eigenvalue weighted by Crippen LogP contribution is -2.18. The number of benzene rings is 2. The minimum Gasteiger partial charge on any atom is -0.497 e. The topological polar surface area (TPSA) is 60.5 Å². The highest BCUT2D eigenvalue weighted by molar-refractivity contribution is 5.96. The Labute approximate surface area is 146 Å². The van der Waals surface area contributed by atoms with Gasteiger partial charge in [-0.25, -0.2) is 4.98 Å². The molecule has 0 unspecified atom stereocenters. The number of hydrogen-bond donors (Lipinski definition) is 1. The maximum absolute atomic E-state index is 12.5. The van der Waals surface area contributed by atoms with E-state index in [0.29, 0.717) is 11.6 Å². The number of anilines is 1. The highest BCUT2D eigenvalue weighted by Crippen LogP contribution is 2.26. The number of nitrogens with one attached hydrogen (secondary N) is 1. The molecule has 3 aromatic rings. The molecule has 2 aromatic carbocycles. The molecule has 5 nitrogen and oxygen atoms in total. The number of rotatable bonds is 5. The lowest BCUT2D eigenvalue weighted by molar-refractivity contribution is -0.117. The summed E-state index contributed by atoms with van der Waals surface area (Å²) in [6.45, 7) is 1.89. The van der Waals surface area contributed by atoms with Crippen molar-refractivity contribution in [1.82, 2.24) is 4.98 Å². The van der Waals surface area contributed by atoms with Gasteiger partial charge in [0.2, 0.25) is 11.8 Å². The molecule has 3 rings (SSSR count). The molecule has 0 aliphatic rings. The molecule has 0 spiro atoms. The molecule has 0 radical (unpaired) electrons. The quantitative estimate of drug-likeness (QED) is 0.765. The van der Waals surface area contributed by atoms with Crippen LogP contribution < -0.4 is 14.8 Å². The smallest absolute Gasteiger partial charge is 0.231 e. The lowest BCUT2D eigenvalue weighted by Gasteiger charge is -2.14. The fraction of sp³-hybridized carbons (Fsp3) is 0.200. The van der Waals surface area contributed by atoms with E-state index in [1.165, 1.54) is 0 Å². The Morgan fingerprint density at radius 3 is 2.44 bits per heavy atom. The Morgan fingerprint density at radius 1 is 1.00 bits per heavy atom. The molecule has 0 bridgehead atoms. The monoisotopic (exact) mass is 336 g/mol. The zero-order chi connectivity index (χ0) is 17.8. The summed E-state index contributed by atoms with van der Waals surface area (Å²) < 4.78 is 10.3. The Kier molecular flexibility index (Phi) is 4.84. The fourth-order valence-electron chi connectivity index (χ4n) is 2.62. The van der Waals surface area contributed by atoms with Crippen LogP contribution in [-0.2, 0) is 4.79 Å². The zero-order valence-electron chi connectivity index (χ0n) is 14.4. The van der Waals surface area contributed by atoms with Crippen molar-refractivity contribution < 1.29 is 14.3 Å². The van der Waals surface area contributed by atoms with Crippen LogP contribution >= 0.6 is 0 Å². The van der Waals surface area contributed by atoms with Gasteiger partial charge in [0.15, 0.2) is 0 Å². The van der Waals surface area contributed by atoms with Crippen molar-refractivity contribution >= 4 is 22.4 Å². The summed E-state index contributed by atoms with van der Waals surface area (Å²) >= 11 is 0. The van der Waals surface area contributed by atoms with Gasteiger partial charge >= 0.3 is 0 Å². The summed E-state index contributed by atoms with van der Waals surface area (Å²) in [5.74, 6) is 0.961. The number of aromatic nitrogens is 1. The van der Waals surface area contributed by atoms with Crippen LogP contribution in [0.3, 0.4) is 0 Å². The fourth-order valence-corrected chi connectivity index (χ4v) is 2.62. The third kappa shape index (κ3) is 3.71. The SMILES string of the molecule is COc1ccc2cc([C@@H](C)C(=O)Nc3ccc(OC)nc3)ccc2c1. The van der Waals surface area contributed by atoms with Gasteiger partial charge in [-0.15, -0.1) is 0 Å². The van der Waals surface area contributed by atoms with Crippen LogP contribution in [0.1, 0.15) is 18.4 Å². The minimum absolute atomic E-state index is 0.0835. The molecule has 128 valence electrons. The van der Waals surface area contributed by atoms with E-state index in [9.17, 15) is 4.79 Å². The van der Waals surface area contributed by atoms with Crippen molar-refractivity contribution in [2.24, 2.45) is 0 Å². The van der Waals surface area contributed by atoms with Crippen LogP contribution in [-0.4, -0.2) is 25.1 Å². The highest BCUT2D eigenvalue weighted by Gasteiger charge is 2.16. The summed E-state index contributed by atoms with van der Waals surface area (Å²) in [7, 11) is 3.20. The number of methoxy groups -OCH3 is 2. The maximum atomic E-state index is 12.5. The van der Waals surface area contributed by atoms with E-state index < -0.39 is 0 Å². The van der Waals surface area contributed by atoms with Crippen molar-refractivity contribution in [3.8, 4) is 11.6 Å². The first-order valence-electron chi connectivity index (χ1n) is 7.99. The molecule has 0 saturated heterocycles. The first-order valence-corrected chi connectivity index (χ1v) is 7.99. The van der Waals surface area contributed by atoms with Gasteiger partial charge in [-0.1, -0.05) is 24.3 Å². The van der Waals surface area contributed by atoms with E-state index in [1.807, 2.05) is 43.3 Å². The summed E-state index contributed by atoms with van der Waals surface area (Å²) in [5.41, 5.74) is 1.60. The summed E-state index contributed by atoms with van der Waals surface area (Å²) in [6.07, 6.45) is 1.58. The second-order valence-electron chi connectivity index (χ2n) is 5.77.